The summed E-state index contributed by atoms with van der Waals surface area (Å²) >= 11 is 5.92. The molecule has 0 radical (unpaired) electrons. The second-order valence-corrected chi connectivity index (χ2v) is 7.47. The van der Waals surface area contributed by atoms with Crippen molar-refractivity contribution in [3.05, 3.63) is 34.9 Å². The standard InChI is InChI=1S/C17H19ClO/c18-15-3-1-14(2-4-15)16(19)17-8-11-5-12(9-17)7-13(6-11)10-17/h1-4,11-13H,5-10H2. The number of Topliss-reactive ketones (excluding diaryl/α,β-unsaturated/α-hetero) is 1. The molecule has 0 saturated heterocycles. The number of hydrogen-bond donors (Lipinski definition) is 0. The smallest absolute Gasteiger partial charge is 0.169 e. The third-order valence-electron chi connectivity index (χ3n) is 5.63. The lowest BCUT2D eigenvalue weighted by Gasteiger charge is -2.56. The Kier molecular flexibility index (Phi) is 2.57. The van der Waals surface area contributed by atoms with Crippen LogP contribution in [0.3, 0.4) is 0 Å². The quantitative estimate of drug-likeness (QED) is 0.712. The van der Waals surface area contributed by atoms with Crippen LogP contribution in [0.5, 0.6) is 0 Å². The Morgan fingerprint density at radius 2 is 1.42 bits per heavy atom. The van der Waals surface area contributed by atoms with E-state index in [9.17, 15) is 4.79 Å². The fourth-order valence-corrected chi connectivity index (χ4v) is 5.42. The van der Waals surface area contributed by atoms with E-state index in [1.54, 1.807) is 0 Å². The first-order chi connectivity index (χ1) is 9.14. The number of rotatable bonds is 2. The summed E-state index contributed by atoms with van der Waals surface area (Å²) in [4.78, 5) is 13.0. The fourth-order valence-electron chi connectivity index (χ4n) is 5.30. The van der Waals surface area contributed by atoms with E-state index in [1.165, 1.54) is 19.3 Å². The van der Waals surface area contributed by atoms with Gasteiger partial charge in [-0.05, 0) is 80.5 Å². The molecule has 1 aromatic rings. The lowest BCUT2D eigenvalue weighted by atomic mass is 9.48. The first-order valence-electron chi connectivity index (χ1n) is 7.45. The highest BCUT2D eigenvalue weighted by molar-refractivity contribution is 6.30. The Labute approximate surface area is 119 Å². The second-order valence-electron chi connectivity index (χ2n) is 7.03. The van der Waals surface area contributed by atoms with Crippen molar-refractivity contribution in [3.8, 4) is 0 Å². The summed E-state index contributed by atoms with van der Waals surface area (Å²) in [5, 5.41) is 0.710. The van der Waals surface area contributed by atoms with E-state index >= 15 is 0 Å². The van der Waals surface area contributed by atoms with E-state index in [-0.39, 0.29) is 5.41 Å². The molecule has 1 aromatic carbocycles. The van der Waals surface area contributed by atoms with Crippen LogP contribution < -0.4 is 0 Å². The zero-order valence-electron chi connectivity index (χ0n) is 11.1. The van der Waals surface area contributed by atoms with Gasteiger partial charge in [0, 0.05) is 16.0 Å². The van der Waals surface area contributed by atoms with E-state index in [2.05, 4.69) is 0 Å². The number of halogens is 1. The van der Waals surface area contributed by atoms with E-state index in [4.69, 9.17) is 11.6 Å². The SMILES string of the molecule is O=C(c1ccc(Cl)cc1)C12CC3CC(CC(C3)C1)C2. The normalized spacial score (nSPS) is 39.5. The Morgan fingerprint density at radius 3 is 1.89 bits per heavy atom. The fraction of sp³-hybridized carbons (Fsp3) is 0.588. The summed E-state index contributed by atoms with van der Waals surface area (Å²) in [6.45, 7) is 0. The zero-order valence-corrected chi connectivity index (χ0v) is 11.8. The van der Waals surface area contributed by atoms with Gasteiger partial charge in [-0.25, -0.2) is 0 Å². The van der Waals surface area contributed by atoms with Gasteiger partial charge in [-0.3, -0.25) is 4.79 Å². The van der Waals surface area contributed by atoms with Crippen molar-refractivity contribution in [2.45, 2.75) is 38.5 Å². The summed E-state index contributed by atoms with van der Waals surface area (Å²) < 4.78 is 0. The first-order valence-corrected chi connectivity index (χ1v) is 7.83. The molecule has 4 aliphatic carbocycles. The van der Waals surface area contributed by atoms with Gasteiger partial charge < -0.3 is 0 Å². The molecule has 4 fully saturated rings. The van der Waals surface area contributed by atoms with Gasteiger partial charge >= 0.3 is 0 Å². The molecule has 0 N–H and O–H groups in total. The van der Waals surface area contributed by atoms with Crippen molar-refractivity contribution in [2.75, 3.05) is 0 Å². The Morgan fingerprint density at radius 1 is 0.947 bits per heavy atom. The van der Waals surface area contributed by atoms with Crippen LogP contribution in [0, 0.1) is 23.2 Å². The Balaban J connectivity index is 1.68. The Bertz CT molecular complexity index is 481. The largest absolute Gasteiger partial charge is 0.294 e. The van der Waals surface area contributed by atoms with Crippen LogP contribution in [0.1, 0.15) is 48.9 Å². The molecule has 4 bridgehead atoms. The van der Waals surface area contributed by atoms with Crippen LogP contribution >= 0.6 is 11.6 Å². The molecule has 0 aromatic heterocycles. The van der Waals surface area contributed by atoms with Gasteiger partial charge in [-0.15, -0.1) is 0 Å². The summed E-state index contributed by atoms with van der Waals surface area (Å²) in [5.41, 5.74) is 0.842. The van der Waals surface area contributed by atoms with E-state index in [1.807, 2.05) is 24.3 Å². The van der Waals surface area contributed by atoms with Crippen molar-refractivity contribution in [3.63, 3.8) is 0 Å². The summed E-state index contributed by atoms with van der Waals surface area (Å²) in [6, 6.07) is 7.50. The average molecular weight is 275 g/mol. The van der Waals surface area contributed by atoms with Crippen LogP contribution in [0.4, 0.5) is 0 Å². The zero-order chi connectivity index (χ0) is 13.0. The number of benzene rings is 1. The minimum Gasteiger partial charge on any atom is -0.294 e. The topological polar surface area (TPSA) is 17.1 Å². The minimum atomic E-state index is -0.0252. The molecular formula is C17H19ClO. The van der Waals surface area contributed by atoms with Gasteiger partial charge in [0.05, 0.1) is 0 Å². The minimum absolute atomic E-state index is 0.0252. The second kappa shape index (κ2) is 4.09. The summed E-state index contributed by atoms with van der Waals surface area (Å²) in [7, 11) is 0. The molecule has 4 aliphatic rings. The third-order valence-corrected chi connectivity index (χ3v) is 5.88. The van der Waals surface area contributed by atoms with Crippen LogP contribution in [-0.4, -0.2) is 5.78 Å². The monoisotopic (exact) mass is 274 g/mol. The maximum Gasteiger partial charge on any atom is 0.169 e. The number of ketones is 1. The predicted octanol–water partition coefficient (Wildman–Crippen LogP) is 4.74. The molecule has 0 atom stereocenters. The van der Waals surface area contributed by atoms with Gasteiger partial charge in [-0.2, -0.15) is 0 Å². The van der Waals surface area contributed by atoms with Crippen LogP contribution in [0.2, 0.25) is 5.02 Å². The van der Waals surface area contributed by atoms with Crippen molar-refractivity contribution >= 4 is 17.4 Å². The molecule has 1 nitrogen and oxygen atoms in total. The van der Waals surface area contributed by atoms with Gasteiger partial charge in [0.1, 0.15) is 0 Å². The maximum atomic E-state index is 13.0. The molecule has 0 amide bonds. The molecule has 4 saturated carbocycles. The molecular weight excluding hydrogens is 256 g/mol. The van der Waals surface area contributed by atoms with Crippen LogP contribution in [0.15, 0.2) is 24.3 Å². The first kappa shape index (κ1) is 12.0. The van der Waals surface area contributed by atoms with E-state index in [0.717, 1.165) is 42.6 Å². The van der Waals surface area contributed by atoms with Crippen molar-refractivity contribution in [2.24, 2.45) is 23.2 Å². The molecule has 2 heteroatoms. The average Bonchev–Trinajstić information content (AvgIpc) is 2.37. The molecule has 19 heavy (non-hydrogen) atoms. The molecule has 0 aliphatic heterocycles. The molecule has 0 unspecified atom stereocenters. The molecule has 0 heterocycles. The lowest BCUT2D eigenvalue weighted by Crippen LogP contribution is -2.50. The molecule has 5 rings (SSSR count). The van der Waals surface area contributed by atoms with Gasteiger partial charge in [-0.1, -0.05) is 11.6 Å². The lowest BCUT2D eigenvalue weighted by molar-refractivity contribution is -0.0353. The van der Waals surface area contributed by atoms with Crippen LogP contribution in [0.25, 0.3) is 0 Å². The van der Waals surface area contributed by atoms with Gasteiger partial charge in [0.15, 0.2) is 5.78 Å². The number of carbonyl (C=O) groups excluding carboxylic acids is 1. The van der Waals surface area contributed by atoms with Crippen molar-refractivity contribution < 1.29 is 4.79 Å². The Hall–Kier alpha value is -0.820. The highest BCUT2D eigenvalue weighted by atomic mass is 35.5. The number of hydrogen-bond acceptors (Lipinski definition) is 1. The van der Waals surface area contributed by atoms with Crippen molar-refractivity contribution in [1.29, 1.82) is 0 Å². The van der Waals surface area contributed by atoms with E-state index in [0.29, 0.717) is 10.8 Å². The summed E-state index contributed by atoms with van der Waals surface area (Å²) in [6.07, 6.45) is 7.56. The molecule has 100 valence electrons. The number of carbonyl (C=O) groups is 1. The molecule has 0 spiro atoms. The predicted molar refractivity (Wildman–Crippen MR) is 76.4 cm³/mol. The summed E-state index contributed by atoms with van der Waals surface area (Å²) in [5.74, 6) is 2.86. The van der Waals surface area contributed by atoms with Crippen molar-refractivity contribution in [1.82, 2.24) is 0 Å². The highest BCUT2D eigenvalue weighted by Crippen LogP contribution is 2.60. The van der Waals surface area contributed by atoms with Crippen LogP contribution in [-0.2, 0) is 0 Å². The highest BCUT2D eigenvalue weighted by Gasteiger charge is 2.54. The van der Waals surface area contributed by atoms with E-state index < -0.39 is 0 Å². The van der Waals surface area contributed by atoms with Gasteiger partial charge in [0.2, 0.25) is 0 Å². The third kappa shape index (κ3) is 1.86. The van der Waals surface area contributed by atoms with Gasteiger partial charge in [0.25, 0.3) is 0 Å². The maximum absolute atomic E-state index is 13.0.